The van der Waals surface area contributed by atoms with Gasteiger partial charge in [0.1, 0.15) is 5.82 Å². The van der Waals surface area contributed by atoms with Crippen molar-refractivity contribution in [2.24, 2.45) is 7.05 Å². The molecule has 0 fully saturated rings. The number of carbonyl (C=O) groups is 1. The lowest BCUT2D eigenvalue weighted by Crippen LogP contribution is -2.27. The summed E-state index contributed by atoms with van der Waals surface area (Å²) in [5.41, 5.74) is 4.37. The van der Waals surface area contributed by atoms with Gasteiger partial charge in [0, 0.05) is 30.2 Å². The van der Waals surface area contributed by atoms with Crippen molar-refractivity contribution < 1.29 is 9.18 Å². The highest BCUT2D eigenvalue weighted by Crippen LogP contribution is 2.24. The van der Waals surface area contributed by atoms with E-state index in [0.717, 1.165) is 6.42 Å². The fourth-order valence-electron chi connectivity index (χ4n) is 3.14. The zero-order chi connectivity index (χ0) is 17.1. The Bertz CT molecular complexity index is 882. The van der Waals surface area contributed by atoms with Crippen LogP contribution in [0.2, 0.25) is 0 Å². The van der Waals surface area contributed by atoms with Gasteiger partial charge in [0.15, 0.2) is 0 Å². The molecule has 0 bridgehead atoms. The van der Waals surface area contributed by atoms with E-state index < -0.39 is 0 Å². The van der Waals surface area contributed by atoms with Gasteiger partial charge in [0.25, 0.3) is 0 Å². The summed E-state index contributed by atoms with van der Waals surface area (Å²) in [6.45, 7) is 2.67. The molecule has 2 aromatic carbocycles. The Hall–Kier alpha value is -2.62. The number of amides is 1. The van der Waals surface area contributed by atoms with Gasteiger partial charge in [-0.25, -0.2) is 4.39 Å². The number of nitrogens with zero attached hydrogens (tertiary/aromatic N) is 1. The molecule has 0 aliphatic heterocycles. The lowest BCUT2D eigenvalue weighted by atomic mass is 10.1. The number of para-hydroxylation sites is 1. The Morgan fingerprint density at radius 3 is 2.75 bits per heavy atom. The van der Waals surface area contributed by atoms with Crippen molar-refractivity contribution in [1.82, 2.24) is 9.88 Å². The van der Waals surface area contributed by atoms with Gasteiger partial charge < -0.3 is 9.88 Å². The van der Waals surface area contributed by atoms with Crippen molar-refractivity contribution in [3.05, 3.63) is 71.2 Å². The van der Waals surface area contributed by atoms with Crippen LogP contribution in [0.1, 0.15) is 16.8 Å². The molecule has 0 saturated heterocycles. The molecule has 1 N–H and O–H groups in total. The Labute approximate surface area is 141 Å². The molecule has 1 heterocycles. The molecule has 124 valence electrons. The second-order valence-electron chi connectivity index (χ2n) is 6.05. The first-order valence-corrected chi connectivity index (χ1v) is 8.10. The van der Waals surface area contributed by atoms with Crippen LogP contribution >= 0.6 is 0 Å². The van der Waals surface area contributed by atoms with E-state index in [1.54, 1.807) is 12.1 Å². The van der Waals surface area contributed by atoms with Gasteiger partial charge in [-0.15, -0.1) is 0 Å². The first-order valence-electron chi connectivity index (χ1n) is 8.10. The lowest BCUT2D eigenvalue weighted by molar-refractivity contribution is -0.120. The molecule has 0 atom stereocenters. The van der Waals surface area contributed by atoms with E-state index in [0.29, 0.717) is 12.1 Å². The van der Waals surface area contributed by atoms with Crippen LogP contribution in [0.25, 0.3) is 10.9 Å². The molecule has 3 aromatic rings. The third-order valence-electron chi connectivity index (χ3n) is 4.48. The van der Waals surface area contributed by atoms with Crippen LogP contribution < -0.4 is 5.32 Å². The fourth-order valence-corrected chi connectivity index (χ4v) is 3.14. The summed E-state index contributed by atoms with van der Waals surface area (Å²) in [6, 6.07) is 14.5. The van der Waals surface area contributed by atoms with Crippen LogP contribution in [0.3, 0.4) is 0 Å². The molecule has 0 saturated carbocycles. The Kier molecular flexibility index (Phi) is 4.65. The number of hydrogen-bond acceptors (Lipinski definition) is 1. The quantitative estimate of drug-likeness (QED) is 0.765. The smallest absolute Gasteiger partial charge is 0.224 e. The van der Waals surface area contributed by atoms with Crippen LogP contribution in [-0.4, -0.2) is 17.0 Å². The van der Waals surface area contributed by atoms with Crippen LogP contribution in [0, 0.1) is 12.7 Å². The minimum atomic E-state index is -0.313. The van der Waals surface area contributed by atoms with Crippen molar-refractivity contribution in [2.45, 2.75) is 19.8 Å². The Morgan fingerprint density at radius 2 is 1.96 bits per heavy atom. The van der Waals surface area contributed by atoms with Gasteiger partial charge in [-0.05, 0) is 42.7 Å². The third kappa shape index (κ3) is 3.32. The molecule has 3 rings (SSSR count). The van der Waals surface area contributed by atoms with Crippen molar-refractivity contribution >= 4 is 16.8 Å². The first kappa shape index (κ1) is 16.2. The van der Waals surface area contributed by atoms with E-state index in [1.165, 1.54) is 34.3 Å². The molecule has 4 heteroatoms. The van der Waals surface area contributed by atoms with Crippen LogP contribution in [0.4, 0.5) is 4.39 Å². The van der Waals surface area contributed by atoms with Gasteiger partial charge >= 0.3 is 0 Å². The number of carbonyl (C=O) groups excluding carboxylic acids is 1. The largest absolute Gasteiger partial charge is 0.355 e. The third-order valence-corrected chi connectivity index (χ3v) is 4.48. The number of benzene rings is 2. The summed E-state index contributed by atoms with van der Waals surface area (Å²) < 4.78 is 15.3. The number of rotatable bonds is 5. The summed E-state index contributed by atoms with van der Waals surface area (Å²) in [7, 11) is 2.06. The van der Waals surface area contributed by atoms with Gasteiger partial charge in [0.05, 0.1) is 6.42 Å². The Morgan fingerprint density at radius 1 is 1.17 bits per heavy atom. The van der Waals surface area contributed by atoms with Crippen LogP contribution in [-0.2, 0) is 24.7 Å². The minimum Gasteiger partial charge on any atom is -0.355 e. The standard InChI is InChI=1S/C20H21FN2O/c1-14-17(18-8-3-4-9-19(18)23(14)2)10-11-22-20(24)13-15-6-5-7-16(21)12-15/h3-9,12H,10-11,13H2,1-2H3,(H,22,24). The van der Waals surface area contributed by atoms with Crippen LogP contribution in [0.15, 0.2) is 48.5 Å². The van der Waals surface area contributed by atoms with E-state index in [2.05, 4.69) is 36.0 Å². The summed E-state index contributed by atoms with van der Waals surface area (Å²) in [6.07, 6.45) is 0.981. The highest BCUT2D eigenvalue weighted by atomic mass is 19.1. The number of hydrogen-bond donors (Lipinski definition) is 1. The maximum Gasteiger partial charge on any atom is 0.224 e. The fraction of sp³-hybridized carbons (Fsp3) is 0.250. The molecule has 0 aliphatic rings. The molecule has 1 amide bonds. The zero-order valence-electron chi connectivity index (χ0n) is 14.0. The van der Waals surface area contributed by atoms with Gasteiger partial charge in [-0.3, -0.25) is 4.79 Å². The molecule has 0 unspecified atom stereocenters. The summed E-state index contributed by atoms with van der Waals surface area (Å²) in [4.78, 5) is 12.0. The number of halogens is 1. The molecular formula is C20H21FN2O. The van der Waals surface area contributed by atoms with Gasteiger partial charge in [-0.1, -0.05) is 30.3 Å². The van der Waals surface area contributed by atoms with E-state index in [-0.39, 0.29) is 18.1 Å². The average molecular weight is 324 g/mol. The van der Waals surface area contributed by atoms with Crippen molar-refractivity contribution in [3.63, 3.8) is 0 Å². The van der Waals surface area contributed by atoms with E-state index in [1.807, 2.05) is 12.1 Å². The molecule has 1 aromatic heterocycles. The van der Waals surface area contributed by atoms with E-state index in [9.17, 15) is 9.18 Å². The molecule has 0 spiro atoms. The second-order valence-corrected chi connectivity index (χ2v) is 6.05. The minimum absolute atomic E-state index is 0.0847. The van der Waals surface area contributed by atoms with Crippen LogP contribution in [0.5, 0.6) is 0 Å². The molecule has 0 radical (unpaired) electrons. The predicted molar refractivity (Wildman–Crippen MR) is 94.5 cm³/mol. The highest BCUT2D eigenvalue weighted by Gasteiger charge is 2.11. The molecule has 24 heavy (non-hydrogen) atoms. The molecule has 0 aliphatic carbocycles. The highest BCUT2D eigenvalue weighted by molar-refractivity contribution is 5.85. The number of aryl methyl sites for hydroxylation is 1. The summed E-state index contributed by atoms with van der Waals surface area (Å²) >= 11 is 0. The SMILES string of the molecule is Cc1c(CCNC(=O)Cc2cccc(F)c2)c2ccccc2n1C. The van der Waals surface area contributed by atoms with Gasteiger partial charge in [0.2, 0.25) is 5.91 Å². The number of fused-ring (bicyclic) bond motifs is 1. The molecular weight excluding hydrogens is 303 g/mol. The van der Waals surface area contributed by atoms with Gasteiger partial charge in [-0.2, -0.15) is 0 Å². The average Bonchev–Trinajstić information content (AvgIpc) is 2.80. The predicted octanol–water partition coefficient (Wildman–Crippen LogP) is 3.53. The lowest BCUT2D eigenvalue weighted by Gasteiger charge is -2.06. The van der Waals surface area contributed by atoms with Crippen molar-refractivity contribution in [2.75, 3.05) is 6.54 Å². The molecule has 3 nitrogen and oxygen atoms in total. The first-order chi connectivity index (χ1) is 11.6. The number of aromatic nitrogens is 1. The summed E-state index contributed by atoms with van der Waals surface area (Å²) in [5, 5.41) is 4.16. The maximum absolute atomic E-state index is 13.2. The van der Waals surface area contributed by atoms with Crippen molar-refractivity contribution in [1.29, 1.82) is 0 Å². The second kappa shape index (κ2) is 6.87. The van der Waals surface area contributed by atoms with E-state index in [4.69, 9.17) is 0 Å². The number of nitrogens with one attached hydrogen (secondary N) is 1. The van der Waals surface area contributed by atoms with Crippen molar-refractivity contribution in [3.8, 4) is 0 Å². The van der Waals surface area contributed by atoms with E-state index >= 15 is 0 Å². The summed E-state index contributed by atoms with van der Waals surface area (Å²) in [5.74, 6) is -0.398. The zero-order valence-corrected chi connectivity index (χ0v) is 14.0. The maximum atomic E-state index is 13.2. The monoisotopic (exact) mass is 324 g/mol. The Balaban J connectivity index is 1.63. The topological polar surface area (TPSA) is 34.0 Å². The normalized spacial score (nSPS) is 11.0.